The van der Waals surface area contributed by atoms with Crippen molar-refractivity contribution in [2.45, 2.75) is 19.4 Å². The van der Waals surface area contributed by atoms with Gasteiger partial charge in [0, 0.05) is 5.88 Å². The van der Waals surface area contributed by atoms with Crippen LogP contribution in [0.5, 0.6) is 0 Å². The van der Waals surface area contributed by atoms with Gasteiger partial charge in [0.25, 0.3) is 0 Å². The number of benzene rings is 1. The van der Waals surface area contributed by atoms with Crippen molar-refractivity contribution in [2.75, 3.05) is 5.88 Å². The second-order valence-corrected chi connectivity index (χ2v) is 3.70. The van der Waals surface area contributed by atoms with Crippen molar-refractivity contribution in [2.24, 2.45) is 5.92 Å². The molecule has 0 saturated heterocycles. The van der Waals surface area contributed by atoms with E-state index in [1.165, 1.54) is 5.56 Å². The van der Waals surface area contributed by atoms with E-state index in [9.17, 15) is 5.11 Å². The minimum atomic E-state index is -0.401. The van der Waals surface area contributed by atoms with Gasteiger partial charge in [0.15, 0.2) is 0 Å². The summed E-state index contributed by atoms with van der Waals surface area (Å²) in [6, 6.07) is 10.1. The van der Waals surface area contributed by atoms with Crippen LogP contribution >= 0.6 is 11.6 Å². The van der Waals surface area contributed by atoms with E-state index in [-0.39, 0.29) is 5.92 Å². The van der Waals surface area contributed by atoms with Gasteiger partial charge in [0.05, 0.1) is 6.10 Å². The van der Waals surface area contributed by atoms with Crippen LogP contribution in [0, 0.1) is 5.92 Å². The highest BCUT2D eigenvalue weighted by Crippen LogP contribution is 2.12. The lowest BCUT2D eigenvalue weighted by Crippen LogP contribution is -2.21. The molecule has 0 bridgehead atoms. The van der Waals surface area contributed by atoms with E-state index in [2.05, 4.69) is 12.1 Å². The Balaban J connectivity index is 2.50. The minimum Gasteiger partial charge on any atom is -0.392 e. The average molecular weight is 199 g/mol. The highest BCUT2D eigenvalue weighted by atomic mass is 35.5. The van der Waals surface area contributed by atoms with Crippen LogP contribution in [0.4, 0.5) is 0 Å². The van der Waals surface area contributed by atoms with Gasteiger partial charge in [-0.05, 0) is 17.9 Å². The van der Waals surface area contributed by atoms with Gasteiger partial charge in [0.1, 0.15) is 0 Å². The van der Waals surface area contributed by atoms with Crippen LogP contribution < -0.4 is 0 Å². The van der Waals surface area contributed by atoms with Gasteiger partial charge in [-0.2, -0.15) is 0 Å². The number of aliphatic hydroxyl groups is 1. The number of rotatable bonds is 4. The first-order valence-electron chi connectivity index (χ1n) is 4.52. The Bertz CT molecular complexity index is 235. The van der Waals surface area contributed by atoms with Crippen molar-refractivity contribution >= 4 is 11.6 Å². The number of hydrogen-bond acceptors (Lipinski definition) is 1. The largest absolute Gasteiger partial charge is 0.392 e. The molecule has 0 aromatic heterocycles. The Morgan fingerprint density at radius 3 is 2.46 bits per heavy atom. The number of aliphatic hydroxyl groups excluding tert-OH is 1. The van der Waals surface area contributed by atoms with Gasteiger partial charge in [-0.25, -0.2) is 0 Å². The Morgan fingerprint density at radius 2 is 1.92 bits per heavy atom. The number of halogens is 1. The van der Waals surface area contributed by atoms with E-state index < -0.39 is 6.10 Å². The van der Waals surface area contributed by atoms with Gasteiger partial charge >= 0.3 is 0 Å². The van der Waals surface area contributed by atoms with Gasteiger partial charge < -0.3 is 5.11 Å². The molecule has 1 aromatic carbocycles. The Hall–Kier alpha value is -0.530. The van der Waals surface area contributed by atoms with Crippen molar-refractivity contribution in [3.8, 4) is 0 Å². The lowest BCUT2D eigenvalue weighted by molar-refractivity contribution is 0.138. The smallest absolute Gasteiger partial charge is 0.0704 e. The van der Waals surface area contributed by atoms with Crippen LogP contribution in [-0.2, 0) is 6.42 Å². The summed E-state index contributed by atoms with van der Waals surface area (Å²) in [5, 5.41) is 9.46. The normalized spacial score (nSPS) is 15.3. The molecule has 0 aliphatic rings. The molecule has 0 amide bonds. The summed E-state index contributed by atoms with van der Waals surface area (Å²) in [6.45, 7) is 2.01. The molecule has 1 rings (SSSR count). The highest BCUT2D eigenvalue weighted by Gasteiger charge is 2.12. The number of hydrogen-bond donors (Lipinski definition) is 1. The van der Waals surface area contributed by atoms with Gasteiger partial charge in [0.2, 0.25) is 0 Å². The first kappa shape index (κ1) is 10.6. The summed E-state index contributed by atoms with van der Waals surface area (Å²) in [7, 11) is 0. The first-order valence-corrected chi connectivity index (χ1v) is 5.05. The third kappa shape index (κ3) is 3.37. The monoisotopic (exact) mass is 198 g/mol. The molecule has 0 radical (unpaired) electrons. The molecule has 0 aliphatic heterocycles. The molecule has 0 unspecified atom stereocenters. The summed E-state index contributed by atoms with van der Waals surface area (Å²) in [4.78, 5) is 0. The molecule has 2 heteroatoms. The second-order valence-electron chi connectivity index (χ2n) is 3.39. The fourth-order valence-electron chi connectivity index (χ4n) is 1.27. The van der Waals surface area contributed by atoms with Gasteiger partial charge in [-0.15, -0.1) is 11.6 Å². The molecule has 0 saturated carbocycles. The van der Waals surface area contributed by atoms with Crippen molar-refractivity contribution in [3.63, 3.8) is 0 Å². The minimum absolute atomic E-state index is 0.222. The predicted molar refractivity (Wildman–Crippen MR) is 56.0 cm³/mol. The summed E-state index contributed by atoms with van der Waals surface area (Å²) in [5.41, 5.74) is 1.25. The maximum absolute atomic E-state index is 9.46. The molecule has 0 fully saturated rings. The molecule has 1 nitrogen and oxygen atoms in total. The lowest BCUT2D eigenvalue weighted by atomic mass is 9.97. The van der Waals surface area contributed by atoms with Crippen molar-refractivity contribution in [3.05, 3.63) is 35.9 Å². The molecule has 0 aliphatic carbocycles. The summed E-state index contributed by atoms with van der Waals surface area (Å²) >= 11 is 5.56. The van der Waals surface area contributed by atoms with Crippen LogP contribution in [0.1, 0.15) is 12.5 Å². The molecule has 0 spiro atoms. The third-order valence-electron chi connectivity index (χ3n) is 2.22. The van der Waals surface area contributed by atoms with E-state index in [4.69, 9.17) is 11.6 Å². The van der Waals surface area contributed by atoms with E-state index in [0.717, 1.165) is 6.42 Å². The van der Waals surface area contributed by atoms with Crippen LogP contribution in [0.15, 0.2) is 30.3 Å². The number of alkyl halides is 1. The maximum atomic E-state index is 9.46. The van der Waals surface area contributed by atoms with Crippen molar-refractivity contribution in [1.82, 2.24) is 0 Å². The average Bonchev–Trinajstić information content (AvgIpc) is 2.18. The topological polar surface area (TPSA) is 20.2 Å². The van der Waals surface area contributed by atoms with E-state index in [1.54, 1.807) is 0 Å². The van der Waals surface area contributed by atoms with Crippen LogP contribution in [0.3, 0.4) is 0 Å². The van der Waals surface area contributed by atoms with Crippen LogP contribution in [0.2, 0.25) is 0 Å². The predicted octanol–water partition coefficient (Wildman–Crippen LogP) is 2.46. The third-order valence-corrected chi connectivity index (χ3v) is 2.53. The second kappa shape index (κ2) is 5.25. The molecule has 1 N–H and O–H groups in total. The SMILES string of the molecule is C[C@@H](Cc1ccccc1)[C@@H](O)CCl. The van der Waals surface area contributed by atoms with Crippen LogP contribution in [-0.4, -0.2) is 17.1 Å². The fourth-order valence-corrected chi connectivity index (χ4v) is 1.58. The Kier molecular flexibility index (Phi) is 4.26. The molecular weight excluding hydrogens is 184 g/mol. The van der Waals surface area contributed by atoms with E-state index in [0.29, 0.717) is 5.88 Å². The Labute approximate surface area is 84.4 Å². The summed E-state index contributed by atoms with van der Waals surface area (Å²) < 4.78 is 0. The zero-order chi connectivity index (χ0) is 9.68. The summed E-state index contributed by atoms with van der Waals surface area (Å²) in [6.07, 6.45) is 0.483. The van der Waals surface area contributed by atoms with E-state index >= 15 is 0 Å². The van der Waals surface area contributed by atoms with Gasteiger partial charge in [-0.1, -0.05) is 37.3 Å². The molecule has 0 heterocycles. The van der Waals surface area contributed by atoms with Gasteiger partial charge in [-0.3, -0.25) is 0 Å². The molecule has 72 valence electrons. The zero-order valence-electron chi connectivity index (χ0n) is 7.78. The van der Waals surface area contributed by atoms with Crippen molar-refractivity contribution in [1.29, 1.82) is 0 Å². The lowest BCUT2D eigenvalue weighted by Gasteiger charge is -2.15. The fraction of sp³-hybridized carbons (Fsp3) is 0.455. The molecule has 2 atom stereocenters. The highest BCUT2D eigenvalue weighted by molar-refractivity contribution is 6.18. The van der Waals surface area contributed by atoms with Crippen LogP contribution in [0.25, 0.3) is 0 Å². The standard InChI is InChI=1S/C11H15ClO/c1-9(11(13)8-12)7-10-5-3-2-4-6-10/h2-6,9,11,13H,7-8H2,1H3/t9-,11-/m0/s1. The zero-order valence-corrected chi connectivity index (χ0v) is 8.54. The summed E-state index contributed by atoms with van der Waals surface area (Å²) in [5.74, 6) is 0.536. The quantitative estimate of drug-likeness (QED) is 0.737. The van der Waals surface area contributed by atoms with Crippen molar-refractivity contribution < 1.29 is 5.11 Å². The molecular formula is C11H15ClO. The Morgan fingerprint density at radius 1 is 1.31 bits per heavy atom. The van der Waals surface area contributed by atoms with E-state index in [1.807, 2.05) is 25.1 Å². The maximum Gasteiger partial charge on any atom is 0.0704 e. The first-order chi connectivity index (χ1) is 6.24. The molecule has 13 heavy (non-hydrogen) atoms. The molecule has 1 aromatic rings.